The van der Waals surface area contributed by atoms with Gasteiger partial charge in [0.1, 0.15) is 0 Å². The van der Waals surface area contributed by atoms with Gasteiger partial charge in [-0.1, -0.05) is 43.8 Å². The monoisotopic (exact) mass is 183 g/mol. The standard InChI is InChI=1S/C13H13N/c1-3-10-6-5-7-11-8-9-12(4-2)14-13(10)11/h3,5-9H,1,4H2,2H3. The second kappa shape index (κ2) is 3.62. The van der Waals surface area contributed by atoms with Crippen molar-refractivity contribution in [3.8, 4) is 0 Å². The lowest BCUT2D eigenvalue weighted by molar-refractivity contribution is 1.06. The molecule has 0 saturated heterocycles. The second-order valence-corrected chi connectivity index (χ2v) is 3.28. The minimum Gasteiger partial charge on any atom is -0.252 e. The van der Waals surface area contributed by atoms with Gasteiger partial charge in [0.05, 0.1) is 5.52 Å². The van der Waals surface area contributed by atoms with Crippen molar-refractivity contribution < 1.29 is 0 Å². The Hall–Kier alpha value is -1.63. The zero-order valence-corrected chi connectivity index (χ0v) is 8.33. The van der Waals surface area contributed by atoms with E-state index in [1.165, 1.54) is 5.39 Å². The summed E-state index contributed by atoms with van der Waals surface area (Å²) in [5.41, 5.74) is 3.30. The van der Waals surface area contributed by atoms with Gasteiger partial charge in [0, 0.05) is 16.6 Å². The van der Waals surface area contributed by atoms with Crippen molar-refractivity contribution in [1.29, 1.82) is 0 Å². The van der Waals surface area contributed by atoms with E-state index in [1.54, 1.807) is 0 Å². The number of nitrogens with zero attached hydrogens (tertiary/aromatic N) is 1. The zero-order valence-electron chi connectivity index (χ0n) is 8.33. The Morgan fingerprint density at radius 1 is 1.29 bits per heavy atom. The summed E-state index contributed by atoms with van der Waals surface area (Å²) >= 11 is 0. The molecule has 0 spiro atoms. The molecule has 0 aliphatic rings. The number of para-hydroxylation sites is 1. The molecule has 1 heterocycles. The molecule has 1 nitrogen and oxygen atoms in total. The van der Waals surface area contributed by atoms with Crippen LogP contribution in [0.2, 0.25) is 0 Å². The zero-order chi connectivity index (χ0) is 9.97. The topological polar surface area (TPSA) is 12.9 Å². The summed E-state index contributed by atoms with van der Waals surface area (Å²) in [4.78, 5) is 4.59. The first kappa shape index (κ1) is 8.95. The molecule has 1 heteroatoms. The van der Waals surface area contributed by atoms with Crippen molar-refractivity contribution in [2.45, 2.75) is 13.3 Å². The Balaban J connectivity index is 2.76. The first-order chi connectivity index (χ1) is 6.85. The van der Waals surface area contributed by atoms with Gasteiger partial charge < -0.3 is 0 Å². The maximum Gasteiger partial charge on any atom is 0.0777 e. The van der Waals surface area contributed by atoms with Gasteiger partial charge in [0.2, 0.25) is 0 Å². The van der Waals surface area contributed by atoms with Crippen LogP contribution in [-0.2, 0) is 6.42 Å². The number of pyridine rings is 1. The highest BCUT2D eigenvalue weighted by atomic mass is 14.7. The maximum atomic E-state index is 4.59. The summed E-state index contributed by atoms with van der Waals surface area (Å²) < 4.78 is 0. The molecular formula is C13H13N. The number of fused-ring (bicyclic) bond motifs is 1. The molecule has 0 unspecified atom stereocenters. The molecule has 0 atom stereocenters. The van der Waals surface area contributed by atoms with Crippen LogP contribution >= 0.6 is 0 Å². The molecule has 0 radical (unpaired) electrons. The Morgan fingerprint density at radius 3 is 2.86 bits per heavy atom. The van der Waals surface area contributed by atoms with Crippen molar-refractivity contribution >= 4 is 17.0 Å². The molecule has 2 aromatic rings. The van der Waals surface area contributed by atoms with Crippen molar-refractivity contribution in [1.82, 2.24) is 4.98 Å². The number of hydrogen-bond acceptors (Lipinski definition) is 1. The fraction of sp³-hybridized carbons (Fsp3) is 0.154. The largest absolute Gasteiger partial charge is 0.252 e. The van der Waals surface area contributed by atoms with Crippen LogP contribution in [0.4, 0.5) is 0 Å². The fourth-order valence-corrected chi connectivity index (χ4v) is 1.57. The van der Waals surface area contributed by atoms with E-state index in [0.29, 0.717) is 0 Å². The van der Waals surface area contributed by atoms with Gasteiger partial charge in [-0.3, -0.25) is 4.98 Å². The van der Waals surface area contributed by atoms with Crippen LogP contribution in [0.5, 0.6) is 0 Å². The van der Waals surface area contributed by atoms with Crippen LogP contribution in [0.25, 0.3) is 17.0 Å². The molecule has 70 valence electrons. The van der Waals surface area contributed by atoms with Gasteiger partial charge in [-0.25, -0.2) is 0 Å². The summed E-state index contributed by atoms with van der Waals surface area (Å²) in [6.45, 7) is 5.91. The third kappa shape index (κ3) is 1.41. The predicted octanol–water partition coefficient (Wildman–Crippen LogP) is 3.44. The summed E-state index contributed by atoms with van der Waals surface area (Å²) in [5.74, 6) is 0. The van der Waals surface area contributed by atoms with Gasteiger partial charge in [-0.05, 0) is 12.5 Å². The van der Waals surface area contributed by atoms with Crippen molar-refractivity contribution in [2.24, 2.45) is 0 Å². The molecule has 0 bridgehead atoms. The Labute approximate surface area is 84.1 Å². The lowest BCUT2D eigenvalue weighted by Crippen LogP contribution is -1.89. The van der Waals surface area contributed by atoms with Crippen LogP contribution in [0.1, 0.15) is 18.2 Å². The highest BCUT2D eigenvalue weighted by Gasteiger charge is 1.99. The normalized spacial score (nSPS) is 10.4. The third-order valence-electron chi connectivity index (χ3n) is 2.39. The third-order valence-corrected chi connectivity index (χ3v) is 2.39. The summed E-state index contributed by atoms with van der Waals surface area (Å²) in [7, 11) is 0. The van der Waals surface area contributed by atoms with E-state index in [4.69, 9.17) is 0 Å². The van der Waals surface area contributed by atoms with E-state index in [1.807, 2.05) is 18.2 Å². The molecule has 0 saturated carbocycles. The number of aromatic nitrogens is 1. The van der Waals surface area contributed by atoms with E-state index in [0.717, 1.165) is 23.2 Å². The van der Waals surface area contributed by atoms with E-state index in [2.05, 4.69) is 36.7 Å². The molecule has 0 aliphatic carbocycles. The first-order valence-electron chi connectivity index (χ1n) is 4.86. The predicted molar refractivity (Wildman–Crippen MR) is 61.2 cm³/mol. The average Bonchev–Trinajstić information content (AvgIpc) is 2.27. The van der Waals surface area contributed by atoms with Gasteiger partial charge in [-0.2, -0.15) is 0 Å². The van der Waals surface area contributed by atoms with E-state index in [-0.39, 0.29) is 0 Å². The lowest BCUT2D eigenvalue weighted by Gasteiger charge is -2.03. The molecule has 1 aromatic heterocycles. The Morgan fingerprint density at radius 2 is 2.14 bits per heavy atom. The van der Waals surface area contributed by atoms with Crippen LogP contribution in [0, 0.1) is 0 Å². The van der Waals surface area contributed by atoms with Crippen molar-refractivity contribution in [3.05, 3.63) is 48.2 Å². The molecule has 0 N–H and O–H groups in total. The number of benzene rings is 1. The molecular weight excluding hydrogens is 170 g/mol. The Kier molecular flexibility index (Phi) is 2.32. The van der Waals surface area contributed by atoms with Gasteiger partial charge in [0.15, 0.2) is 0 Å². The quantitative estimate of drug-likeness (QED) is 0.695. The van der Waals surface area contributed by atoms with E-state index >= 15 is 0 Å². The van der Waals surface area contributed by atoms with Crippen LogP contribution < -0.4 is 0 Å². The van der Waals surface area contributed by atoms with Crippen LogP contribution in [0.3, 0.4) is 0 Å². The maximum absolute atomic E-state index is 4.59. The highest BCUT2D eigenvalue weighted by molar-refractivity contribution is 5.86. The Bertz CT molecular complexity index is 472. The smallest absolute Gasteiger partial charge is 0.0777 e. The SMILES string of the molecule is C=Cc1cccc2ccc(CC)nc12. The summed E-state index contributed by atoms with van der Waals surface area (Å²) in [6, 6.07) is 10.4. The summed E-state index contributed by atoms with van der Waals surface area (Å²) in [5, 5.41) is 1.18. The summed E-state index contributed by atoms with van der Waals surface area (Å²) in [6.07, 6.45) is 2.83. The van der Waals surface area contributed by atoms with Crippen molar-refractivity contribution in [2.75, 3.05) is 0 Å². The molecule has 1 aromatic carbocycles. The van der Waals surface area contributed by atoms with Gasteiger partial charge >= 0.3 is 0 Å². The minimum atomic E-state index is 0.974. The van der Waals surface area contributed by atoms with Crippen LogP contribution in [0.15, 0.2) is 36.9 Å². The van der Waals surface area contributed by atoms with E-state index < -0.39 is 0 Å². The van der Waals surface area contributed by atoms with Gasteiger partial charge in [-0.15, -0.1) is 0 Å². The van der Waals surface area contributed by atoms with Gasteiger partial charge in [0.25, 0.3) is 0 Å². The average molecular weight is 183 g/mol. The van der Waals surface area contributed by atoms with Crippen LogP contribution in [-0.4, -0.2) is 4.98 Å². The minimum absolute atomic E-state index is 0.974. The first-order valence-corrected chi connectivity index (χ1v) is 4.86. The fourth-order valence-electron chi connectivity index (χ4n) is 1.57. The lowest BCUT2D eigenvalue weighted by atomic mass is 10.1. The second-order valence-electron chi connectivity index (χ2n) is 3.28. The molecule has 0 fully saturated rings. The number of aryl methyl sites for hydroxylation is 1. The molecule has 0 aliphatic heterocycles. The molecule has 0 amide bonds. The molecule has 14 heavy (non-hydrogen) atoms. The van der Waals surface area contributed by atoms with Crippen molar-refractivity contribution in [3.63, 3.8) is 0 Å². The molecule has 2 rings (SSSR count). The number of hydrogen-bond donors (Lipinski definition) is 0. The highest BCUT2D eigenvalue weighted by Crippen LogP contribution is 2.18. The number of rotatable bonds is 2. The van der Waals surface area contributed by atoms with E-state index in [9.17, 15) is 0 Å².